The Hall–Kier alpha value is -1.84. The Kier molecular flexibility index (Phi) is 7.96. The molecule has 2 aromatic carbocycles. The maximum absolute atomic E-state index is 12.9. The first-order valence-electron chi connectivity index (χ1n) is 11.2. The third-order valence-corrected chi connectivity index (χ3v) is 6.61. The number of benzene rings is 2. The van der Waals surface area contributed by atoms with E-state index in [1.54, 1.807) is 0 Å². The van der Waals surface area contributed by atoms with E-state index in [4.69, 9.17) is 16.3 Å². The summed E-state index contributed by atoms with van der Waals surface area (Å²) in [4.78, 5) is 12.9. The van der Waals surface area contributed by atoms with Crippen LogP contribution in [0.4, 0.5) is 0 Å². The monoisotopic (exact) mass is 427 g/mol. The average Bonchev–Trinajstić information content (AvgIpc) is 2.71. The molecular weight excluding hydrogens is 394 g/mol. The number of carbonyl (C=O) groups excluding carboxylic acids is 1. The summed E-state index contributed by atoms with van der Waals surface area (Å²) in [7, 11) is 0. The molecule has 1 aliphatic rings. The molecule has 2 unspecified atom stereocenters. The summed E-state index contributed by atoms with van der Waals surface area (Å²) in [5.41, 5.74) is 2.39. The van der Waals surface area contributed by atoms with Crippen LogP contribution in [0.2, 0.25) is 5.02 Å². The number of ether oxygens (including phenoxy) is 1. The lowest BCUT2D eigenvalue weighted by molar-refractivity contribution is -0.148. The molecule has 0 radical (unpaired) electrons. The predicted octanol–water partition coefficient (Wildman–Crippen LogP) is 6.29. The Labute approximate surface area is 186 Å². The number of hydrogen-bond acceptors (Lipinski definition) is 3. The molecule has 0 spiro atoms. The number of hydrogen-bond donors (Lipinski definition) is 1. The molecule has 1 N–H and O–H groups in total. The predicted molar refractivity (Wildman–Crippen MR) is 124 cm³/mol. The van der Waals surface area contributed by atoms with E-state index in [1.807, 2.05) is 49.4 Å². The Balaban J connectivity index is 1.75. The number of carbonyl (C=O) groups is 1. The van der Waals surface area contributed by atoms with Gasteiger partial charge in [0.25, 0.3) is 0 Å². The van der Waals surface area contributed by atoms with Gasteiger partial charge in [0, 0.05) is 16.5 Å². The highest BCUT2D eigenvalue weighted by Gasteiger charge is 2.46. The summed E-state index contributed by atoms with van der Waals surface area (Å²) in [6, 6.07) is 18.0. The standard InChI is InChI=1S/C26H34ClNO2/c1-4-23(25(29)30-18-20-9-6-5-7-10-20)28-24(17-19(2)3)26(15-8-16-26)21-11-13-22(27)14-12-21/h5-7,9-14,19,23-24,28H,4,8,15-18H2,1-3H3. The first kappa shape index (κ1) is 22.8. The minimum absolute atomic E-state index is 0.0575. The summed E-state index contributed by atoms with van der Waals surface area (Å²) < 4.78 is 5.65. The van der Waals surface area contributed by atoms with Gasteiger partial charge in [0.2, 0.25) is 0 Å². The number of rotatable bonds is 10. The minimum atomic E-state index is -0.303. The normalized spacial score (nSPS) is 17.2. The topological polar surface area (TPSA) is 38.3 Å². The van der Waals surface area contributed by atoms with Gasteiger partial charge in [-0.1, -0.05) is 81.3 Å². The smallest absolute Gasteiger partial charge is 0.323 e. The molecule has 4 heteroatoms. The first-order chi connectivity index (χ1) is 14.4. The van der Waals surface area contributed by atoms with Gasteiger partial charge in [-0.2, -0.15) is 0 Å². The number of esters is 1. The average molecular weight is 428 g/mol. The van der Waals surface area contributed by atoms with Crippen molar-refractivity contribution in [1.82, 2.24) is 5.32 Å². The number of halogens is 1. The molecule has 3 nitrogen and oxygen atoms in total. The largest absolute Gasteiger partial charge is 0.460 e. The van der Waals surface area contributed by atoms with Crippen LogP contribution in [0.15, 0.2) is 54.6 Å². The van der Waals surface area contributed by atoms with Gasteiger partial charge in [0.15, 0.2) is 0 Å². The second-order valence-corrected chi connectivity index (χ2v) is 9.36. The Bertz CT molecular complexity index is 800. The van der Waals surface area contributed by atoms with E-state index < -0.39 is 0 Å². The van der Waals surface area contributed by atoms with Crippen molar-refractivity contribution in [3.05, 3.63) is 70.7 Å². The van der Waals surface area contributed by atoms with Crippen LogP contribution in [-0.4, -0.2) is 18.1 Å². The third kappa shape index (κ3) is 5.44. The lowest BCUT2D eigenvalue weighted by atomic mass is 9.58. The van der Waals surface area contributed by atoms with Crippen LogP contribution in [0, 0.1) is 5.92 Å². The lowest BCUT2D eigenvalue weighted by Crippen LogP contribution is -2.57. The first-order valence-corrected chi connectivity index (χ1v) is 11.5. The molecule has 3 rings (SSSR count). The van der Waals surface area contributed by atoms with E-state index in [2.05, 4.69) is 31.3 Å². The maximum Gasteiger partial charge on any atom is 0.323 e. The molecule has 1 fully saturated rings. The van der Waals surface area contributed by atoms with Crippen LogP contribution >= 0.6 is 11.6 Å². The van der Waals surface area contributed by atoms with E-state index >= 15 is 0 Å². The molecule has 0 aliphatic heterocycles. The molecule has 1 aliphatic carbocycles. The highest BCUT2D eigenvalue weighted by molar-refractivity contribution is 6.30. The fourth-order valence-electron chi connectivity index (χ4n) is 4.53. The van der Waals surface area contributed by atoms with Crippen molar-refractivity contribution in [2.24, 2.45) is 5.92 Å². The molecule has 1 saturated carbocycles. The summed E-state index contributed by atoms with van der Waals surface area (Å²) >= 11 is 6.14. The fourth-order valence-corrected chi connectivity index (χ4v) is 4.65. The van der Waals surface area contributed by atoms with Crippen molar-refractivity contribution in [2.75, 3.05) is 0 Å². The van der Waals surface area contributed by atoms with Gasteiger partial charge < -0.3 is 10.1 Å². The van der Waals surface area contributed by atoms with Crippen LogP contribution in [0.25, 0.3) is 0 Å². The Morgan fingerprint density at radius 3 is 2.30 bits per heavy atom. The van der Waals surface area contributed by atoms with Gasteiger partial charge in [0.1, 0.15) is 12.6 Å². The molecule has 30 heavy (non-hydrogen) atoms. The Morgan fingerprint density at radius 2 is 1.77 bits per heavy atom. The molecule has 0 aromatic heterocycles. The second kappa shape index (κ2) is 10.5. The van der Waals surface area contributed by atoms with E-state index in [1.165, 1.54) is 12.0 Å². The van der Waals surface area contributed by atoms with Crippen LogP contribution < -0.4 is 5.32 Å². The van der Waals surface area contributed by atoms with Crippen LogP contribution in [-0.2, 0) is 21.6 Å². The van der Waals surface area contributed by atoms with Gasteiger partial charge in [-0.3, -0.25) is 4.79 Å². The zero-order chi connectivity index (χ0) is 21.6. The highest BCUT2D eigenvalue weighted by atomic mass is 35.5. The summed E-state index contributed by atoms with van der Waals surface area (Å²) in [6.45, 7) is 6.85. The minimum Gasteiger partial charge on any atom is -0.460 e. The van der Waals surface area contributed by atoms with E-state index in [0.717, 1.165) is 29.8 Å². The quantitative estimate of drug-likeness (QED) is 0.453. The zero-order valence-corrected chi connectivity index (χ0v) is 19.1. The van der Waals surface area contributed by atoms with E-state index in [0.29, 0.717) is 18.9 Å². The van der Waals surface area contributed by atoms with E-state index in [9.17, 15) is 4.79 Å². The molecule has 0 bridgehead atoms. The van der Waals surface area contributed by atoms with Gasteiger partial charge in [-0.15, -0.1) is 0 Å². The van der Waals surface area contributed by atoms with Gasteiger partial charge in [0.05, 0.1) is 0 Å². The van der Waals surface area contributed by atoms with Crippen molar-refractivity contribution < 1.29 is 9.53 Å². The molecule has 162 valence electrons. The molecule has 0 heterocycles. The highest BCUT2D eigenvalue weighted by Crippen LogP contribution is 2.48. The fraction of sp³-hybridized carbons (Fsp3) is 0.500. The van der Waals surface area contributed by atoms with Crippen molar-refractivity contribution in [2.45, 2.75) is 77.0 Å². The lowest BCUT2D eigenvalue weighted by Gasteiger charge is -2.50. The summed E-state index contributed by atoms with van der Waals surface area (Å²) in [6.07, 6.45) is 5.21. The van der Waals surface area contributed by atoms with Crippen LogP contribution in [0.5, 0.6) is 0 Å². The van der Waals surface area contributed by atoms with Crippen molar-refractivity contribution >= 4 is 17.6 Å². The molecule has 0 amide bonds. The maximum atomic E-state index is 12.9. The third-order valence-electron chi connectivity index (χ3n) is 6.36. The van der Waals surface area contributed by atoms with Crippen molar-refractivity contribution in [1.29, 1.82) is 0 Å². The van der Waals surface area contributed by atoms with E-state index in [-0.39, 0.29) is 23.5 Å². The SMILES string of the molecule is CCC(NC(CC(C)C)C1(c2ccc(Cl)cc2)CCC1)C(=O)OCc1ccccc1. The molecule has 2 atom stereocenters. The van der Waals surface area contributed by atoms with Gasteiger partial charge >= 0.3 is 5.97 Å². The summed E-state index contributed by atoms with van der Waals surface area (Å²) in [5.74, 6) is 0.366. The van der Waals surface area contributed by atoms with Crippen LogP contribution in [0.1, 0.15) is 64.0 Å². The van der Waals surface area contributed by atoms with Gasteiger partial charge in [-0.05, 0) is 54.9 Å². The summed E-state index contributed by atoms with van der Waals surface area (Å²) in [5, 5.41) is 4.48. The second-order valence-electron chi connectivity index (χ2n) is 8.92. The Morgan fingerprint density at radius 1 is 1.10 bits per heavy atom. The van der Waals surface area contributed by atoms with Crippen LogP contribution in [0.3, 0.4) is 0 Å². The van der Waals surface area contributed by atoms with Crippen molar-refractivity contribution in [3.63, 3.8) is 0 Å². The van der Waals surface area contributed by atoms with Gasteiger partial charge in [-0.25, -0.2) is 0 Å². The van der Waals surface area contributed by atoms with Crippen molar-refractivity contribution in [3.8, 4) is 0 Å². The molecular formula is C26H34ClNO2. The number of nitrogens with one attached hydrogen (secondary N) is 1. The molecule has 2 aromatic rings. The zero-order valence-electron chi connectivity index (χ0n) is 18.4. The molecule has 0 saturated heterocycles.